The third-order valence-corrected chi connectivity index (χ3v) is 5.28. The van der Waals surface area contributed by atoms with Crippen molar-refractivity contribution >= 4 is 18.0 Å². The van der Waals surface area contributed by atoms with Crippen molar-refractivity contribution in [2.24, 2.45) is 0 Å². The third-order valence-electron chi connectivity index (χ3n) is 5.28. The second-order valence-electron chi connectivity index (χ2n) is 6.70. The molecule has 0 saturated carbocycles. The number of likely N-dealkylation sites (N-methyl/N-ethyl adjacent to an activating group) is 1. The number of anilines is 1. The van der Waals surface area contributed by atoms with E-state index in [1.54, 1.807) is 18.9 Å². The summed E-state index contributed by atoms with van der Waals surface area (Å²) < 4.78 is 17.0. The summed E-state index contributed by atoms with van der Waals surface area (Å²) in [5.74, 6) is 0. The van der Waals surface area contributed by atoms with Crippen molar-refractivity contribution in [3.8, 4) is 0 Å². The second-order valence-corrected chi connectivity index (χ2v) is 6.70. The predicted octanol–water partition coefficient (Wildman–Crippen LogP) is 3.02. The lowest BCUT2D eigenvalue weighted by molar-refractivity contribution is -0.159. The van der Waals surface area contributed by atoms with Crippen LogP contribution in [0.4, 0.5) is 10.5 Å². The van der Waals surface area contributed by atoms with Crippen molar-refractivity contribution in [1.29, 1.82) is 5.41 Å². The van der Waals surface area contributed by atoms with E-state index in [1.807, 2.05) is 42.3 Å². The first-order valence-corrected chi connectivity index (χ1v) is 9.22. The summed E-state index contributed by atoms with van der Waals surface area (Å²) in [4.78, 5) is 15.7. The molecule has 2 heterocycles. The first-order valence-electron chi connectivity index (χ1n) is 9.22. The number of para-hydroxylation sites is 1. The monoisotopic (exact) mass is 373 g/mol. The van der Waals surface area contributed by atoms with Gasteiger partial charge in [0.15, 0.2) is 6.29 Å². The third kappa shape index (κ3) is 3.57. The van der Waals surface area contributed by atoms with Crippen LogP contribution in [0.15, 0.2) is 41.6 Å². The Hall–Kier alpha value is -2.38. The molecule has 1 aromatic rings. The minimum Gasteiger partial charge on any atom is -0.450 e. The molecular weight excluding hydrogens is 346 g/mol. The van der Waals surface area contributed by atoms with Crippen LogP contribution in [0.25, 0.3) is 0 Å². The minimum atomic E-state index is -0.621. The molecule has 0 radical (unpaired) electrons. The number of ether oxygens (including phenoxy) is 3. The first-order chi connectivity index (χ1) is 13.1. The highest BCUT2D eigenvalue weighted by atomic mass is 16.7. The molecule has 0 aromatic heterocycles. The number of methoxy groups -OCH3 is 1. The maximum absolute atomic E-state index is 12.0. The van der Waals surface area contributed by atoms with Crippen LogP contribution in [-0.4, -0.2) is 63.0 Å². The van der Waals surface area contributed by atoms with Gasteiger partial charge in [0.05, 0.1) is 12.3 Å². The van der Waals surface area contributed by atoms with E-state index in [4.69, 9.17) is 19.6 Å². The summed E-state index contributed by atoms with van der Waals surface area (Å²) in [6.07, 6.45) is 1.72. The molecule has 1 N–H and O–H groups in total. The van der Waals surface area contributed by atoms with E-state index < -0.39 is 11.9 Å². The highest BCUT2D eigenvalue weighted by Crippen LogP contribution is 2.44. The van der Waals surface area contributed by atoms with Crippen LogP contribution in [0.2, 0.25) is 0 Å². The Morgan fingerprint density at radius 1 is 1.37 bits per heavy atom. The predicted molar refractivity (Wildman–Crippen MR) is 103 cm³/mol. The van der Waals surface area contributed by atoms with Crippen LogP contribution in [0.5, 0.6) is 0 Å². The highest BCUT2D eigenvalue weighted by Gasteiger charge is 2.50. The Labute approximate surface area is 160 Å². The Balaban J connectivity index is 1.88. The molecule has 2 aliphatic rings. The van der Waals surface area contributed by atoms with Gasteiger partial charge < -0.3 is 29.4 Å². The van der Waals surface area contributed by atoms with E-state index >= 15 is 0 Å². The van der Waals surface area contributed by atoms with E-state index in [1.165, 1.54) is 6.21 Å². The fourth-order valence-corrected chi connectivity index (χ4v) is 3.83. The fourth-order valence-electron chi connectivity index (χ4n) is 3.83. The van der Waals surface area contributed by atoms with Crippen LogP contribution >= 0.6 is 0 Å². The summed E-state index contributed by atoms with van der Waals surface area (Å²) in [5.41, 5.74) is 2.02. The average molecular weight is 373 g/mol. The molecule has 0 bridgehead atoms. The molecule has 7 nitrogen and oxygen atoms in total. The van der Waals surface area contributed by atoms with Crippen LogP contribution < -0.4 is 4.90 Å². The molecule has 27 heavy (non-hydrogen) atoms. The molecule has 2 aliphatic heterocycles. The van der Waals surface area contributed by atoms with Gasteiger partial charge >= 0.3 is 6.09 Å². The zero-order chi connectivity index (χ0) is 19.4. The number of nitrogens with zero attached hydrogens (tertiary/aromatic N) is 2. The first kappa shape index (κ1) is 19.4. The van der Waals surface area contributed by atoms with Gasteiger partial charge in [-0.3, -0.25) is 0 Å². The fraction of sp³-hybridized carbons (Fsp3) is 0.500. The number of hydrogen-bond donors (Lipinski definition) is 1. The molecule has 1 unspecified atom stereocenters. The van der Waals surface area contributed by atoms with Gasteiger partial charge in [0.2, 0.25) is 0 Å². The van der Waals surface area contributed by atoms with Crippen molar-refractivity contribution in [2.75, 3.05) is 38.8 Å². The van der Waals surface area contributed by atoms with Crippen molar-refractivity contribution < 1.29 is 19.0 Å². The summed E-state index contributed by atoms with van der Waals surface area (Å²) in [5, 5.41) is 8.06. The molecule has 0 aliphatic carbocycles. The van der Waals surface area contributed by atoms with Gasteiger partial charge in [-0.05, 0) is 31.9 Å². The molecule has 3 rings (SSSR count). The number of rotatable bonds is 5. The SMILES string of the molecule is CCOC(=O)N1CCC2(CC1)OC(OC)C(N(C)c1ccccc1)=C2C=N. The van der Waals surface area contributed by atoms with Gasteiger partial charge in [-0.1, -0.05) is 18.2 Å². The topological polar surface area (TPSA) is 75.1 Å². The lowest BCUT2D eigenvalue weighted by Gasteiger charge is -2.39. The Kier molecular flexibility index (Phi) is 5.82. The Morgan fingerprint density at radius 2 is 2.04 bits per heavy atom. The molecule has 1 fully saturated rings. The van der Waals surface area contributed by atoms with E-state index in [0.29, 0.717) is 32.5 Å². The summed E-state index contributed by atoms with van der Waals surface area (Å²) in [7, 11) is 3.56. The zero-order valence-corrected chi connectivity index (χ0v) is 16.1. The van der Waals surface area contributed by atoms with Gasteiger partial charge in [0.25, 0.3) is 0 Å². The van der Waals surface area contributed by atoms with E-state index in [9.17, 15) is 4.79 Å². The molecule has 1 atom stereocenters. The van der Waals surface area contributed by atoms with E-state index in [-0.39, 0.29) is 6.09 Å². The van der Waals surface area contributed by atoms with Crippen LogP contribution in [0.1, 0.15) is 19.8 Å². The number of benzene rings is 1. The van der Waals surface area contributed by atoms with Crippen LogP contribution in [0.3, 0.4) is 0 Å². The lowest BCUT2D eigenvalue weighted by Crippen LogP contribution is -2.48. The number of nitrogens with one attached hydrogen (secondary N) is 1. The Morgan fingerprint density at radius 3 is 2.59 bits per heavy atom. The number of amides is 1. The number of carbonyl (C=O) groups excluding carboxylic acids is 1. The molecule has 1 amide bonds. The smallest absolute Gasteiger partial charge is 0.409 e. The lowest BCUT2D eigenvalue weighted by atomic mass is 9.84. The van der Waals surface area contributed by atoms with Gasteiger partial charge in [-0.15, -0.1) is 0 Å². The van der Waals surface area contributed by atoms with Crippen LogP contribution in [0, 0.1) is 5.41 Å². The zero-order valence-electron chi connectivity index (χ0n) is 16.1. The van der Waals surface area contributed by atoms with E-state index in [2.05, 4.69) is 0 Å². The maximum Gasteiger partial charge on any atom is 0.409 e. The van der Waals surface area contributed by atoms with Crippen LogP contribution in [-0.2, 0) is 14.2 Å². The standard InChI is InChI=1S/C20H27N3O4/c1-4-26-19(24)23-12-10-20(11-13-23)16(14-21)17(18(25-3)27-20)22(2)15-8-6-5-7-9-15/h5-9,14,18,21H,4,10-13H2,1-3H3. The molecular formula is C20H27N3O4. The van der Waals surface area contributed by atoms with E-state index in [0.717, 1.165) is 17.0 Å². The number of likely N-dealkylation sites (tertiary alicyclic amines) is 1. The molecule has 146 valence electrons. The summed E-state index contributed by atoms with van der Waals surface area (Å²) in [6.45, 7) is 3.21. The number of piperidine rings is 1. The van der Waals surface area contributed by atoms with Gasteiger partial charge in [-0.2, -0.15) is 0 Å². The summed E-state index contributed by atoms with van der Waals surface area (Å²) in [6, 6.07) is 9.93. The highest BCUT2D eigenvalue weighted by molar-refractivity contribution is 5.83. The van der Waals surface area contributed by atoms with Gasteiger partial charge in [-0.25, -0.2) is 4.79 Å². The maximum atomic E-state index is 12.0. The number of carbonyl (C=O) groups is 1. The summed E-state index contributed by atoms with van der Waals surface area (Å²) >= 11 is 0. The Bertz CT molecular complexity index is 711. The van der Waals surface area contributed by atoms with Crippen molar-refractivity contribution in [3.05, 3.63) is 41.6 Å². The quantitative estimate of drug-likeness (QED) is 0.803. The normalized spacial score (nSPS) is 21.4. The van der Waals surface area contributed by atoms with Gasteiger partial charge in [0, 0.05) is 44.7 Å². The number of hydrogen-bond acceptors (Lipinski definition) is 6. The second kappa shape index (κ2) is 8.10. The molecule has 1 saturated heterocycles. The van der Waals surface area contributed by atoms with Crippen molar-refractivity contribution in [2.45, 2.75) is 31.7 Å². The van der Waals surface area contributed by atoms with Gasteiger partial charge in [0.1, 0.15) is 5.60 Å². The molecule has 7 heteroatoms. The minimum absolute atomic E-state index is 0.296. The average Bonchev–Trinajstić information content (AvgIpc) is 3.01. The molecule has 1 aromatic carbocycles. The van der Waals surface area contributed by atoms with Crippen molar-refractivity contribution in [1.82, 2.24) is 4.90 Å². The largest absolute Gasteiger partial charge is 0.450 e. The van der Waals surface area contributed by atoms with Crippen molar-refractivity contribution in [3.63, 3.8) is 0 Å². The molecule has 1 spiro atoms.